The second-order valence-electron chi connectivity index (χ2n) is 4.17. The van der Waals surface area contributed by atoms with Gasteiger partial charge in [0, 0.05) is 19.7 Å². The molecule has 18 heavy (non-hydrogen) atoms. The van der Waals surface area contributed by atoms with Crippen molar-refractivity contribution < 1.29 is 19.7 Å². The summed E-state index contributed by atoms with van der Waals surface area (Å²) >= 11 is 0. The number of benzene rings is 1. The van der Waals surface area contributed by atoms with Gasteiger partial charge in [0.1, 0.15) is 12.4 Å². The minimum atomic E-state index is -0.943. The zero-order chi connectivity index (χ0) is 13.4. The van der Waals surface area contributed by atoms with E-state index >= 15 is 0 Å². The summed E-state index contributed by atoms with van der Waals surface area (Å²) in [6.45, 7) is 4.07. The molecule has 5 heteroatoms. The van der Waals surface area contributed by atoms with E-state index in [4.69, 9.17) is 14.9 Å². The van der Waals surface area contributed by atoms with Gasteiger partial charge in [-0.1, -0.05) is 6.92 Å². The molecule has 1 aromatic rings. The van der Waals surface area contributed by atoms with Gasteiger partial charge in [-0.15, -0.1) is 0 Å². The molecule has 0 aromatic heterocycles. The van der Waals surface area contributed by atoms with Crippen LogP contribution in [0.4, 0.5) is 0 Å². The van der Waals surface area contributed by atoms with Crippen LogP contribution in [0.3, 0.4) is 0 Å². The zero-order valence-electron chi connectivity index (χ0n) is 10.4. The quantitative estimate of drug-likeness (QED) is 0.602. The van der Waals surface area contributed by atoms with Crippen molar-refractivity contribution in [2.45, 2.75) is 6.92 Å². The van der Waals surface area contributed by atoms with Crippen LogP contribution in [-0.4, -0.2) is 42.5 Å². The van der Waals surface area contributed by atoms with E-state index < -0.39 is 5.97 Å². The van der Waals surface area contributed by atoms with E-state index in [0.29, 0.717) is 18.9 Å². The Morgan fingerprint density at radius 2 is 2.06 bits per heavy atom. The first kappa shape index (κ1) is 14.5. The van der Waals surface area contributed by atoms with Gasteiger partial charge in [0.25, 0.3) is 0 Å². The minimum Gasteiger partial charge on any atom is -0.492 e. The molecule has 0 radical (unpaired) electrons. The first-order chi connectivity index (χ1) is 8.63. The second-order valence-corrected chi connectivity index (χ2v) is 4.17. The number of carbonyl (C=O) groups is 1. The smallest absolute Gasteiger partial charge is 0.335 e. The largest absolute Gasteiger partial charge is 0.492 e. The third-order valence-corrected chi connectivity index (χ3v) is 2.45. The van der Waals surface area contributed by atoms with E-state index in [0.717, 1.165) is 6.54 Å². The van der Waals surface area contributed by atoms with Crippen LogP contribution >= 0.6 is 0 Å². The first-order valence-corrected chi connectivity index (χ1v) is 5.91. The maximum atomic E-state index is 10.6. The molecule has 0 bridgehead atoms. The molecule has 0 aliphatic rings. The van der Waals surface area contributed by atoms with Crippen molar-refractivity contribution in [3.05, 3.63) is 29.8 Å². The molecule has 0 aliphatic carbocycles. The number of nitrogens with one attached hydrogen (secondary N) is 1. The highest BCUT2D eigenvalue weighted by Crippen LogP contribution is 2.11. The van der Waals surface area contributed by atoms with E-state index in [9.17, 15) is 4.79 Å². The molecule has 0 spiro atoms. The molecular formula is C13H19NO4. The Bertz CT molecular complexity index is 364. The highest BCUT2D eigenvalue weighted by atomic mass is 16.5. The number of rotatable bonds is 8. The summed E-state index contributed by atoms with van der Waals surface area (Å²) in [5.41, 5.74) is 0.247. The maximum absolute atomic E-state index is 10.6. The molecular weight excluding hydrogens is 234 g/mol. The third kappa shape index (κ3) is 5.16. The zero-order valence-corrected chi connectivity index (χ0v) is 10.4. The Hall–Kier alpha value is -1.59. The lowest BCUT2D eigenvalue weighted by molar-refractivity contribution is 0.0697. The number of aliphatic hydroxyl groups is 1. The van der Waals surface area contributed by atoms with Crippen LogP contribution in [0.25, 0.3) is 0 Å². The summed E-state index contributed by atoms with van der Waals surface area (Å²) in [6.07, 6.45) is 0. The Morgan fingerprint density at radius 3 is 2.61 bits per heavy atom. The van der Waals surface area contributed by atoms with Gasteiger partial charge >= 0.3 is 5.97 Å². The van der Waals surface area contributed by atoms with Crippen molar-refractivity contribution in [2.24, 2.45) is 5.92 Å². The summed E-state index contributed by atoms with van der Waals surface area (Å²) in [7, 11) is 0. The van der Waals surface area contributed by atoms with Crippen LogP contribution in [0.15, 0.2) is 24.3 Å². The maximum Gasteiger partial charge on any atom is 0.335 e. The number of ether oxygens (including phenoxy) is 1. The van der Waals surface area contributed by atoms with Crippen molar-refractivity contribution in [3.8, 4) is 5.75 Å². The van der Waals surface area contributed by atoms with Gasteiger partial charge < -0.3 is 20.3 Å². The number of aliphatic hydroxyl groups excluding tert-OH is 1. The molecule has 0 aliphatic heterocycles. The minimum absolute atomic E-state index is 0.171. The molecule has 100 valence electrons. The van der Waals surface area contributed by atoms with E-state index in [1.165, 1.54) is 12.1 Å². The van der Waals surface area contributed by atoms with E-state index in [2.05, 4.69) is 5.32 Å². The van der Waals surface area contributed by atoms with Crippen LogP contribution in [0.2, 0.25) is 0 Å². The Balaban J connectivity index is 2.21. The average molecular weight is 253 g/mol. The molecule has 1 aromatic carbocycles. The van der Waals surface area contributed by atoms with E-state index in [1.54, 1.807) is 12.1 Å². The fourth-order valence-corrected chi connectivity index (χ4v) is 1.35. The van der Waals surface area contributed by atoms with Crippen LogP contribution in [0, 0.1) is 5.92 Å². The fourth-order valence-electron chi connectivity index (χ4n) is 1.35. The summed E-state index contributed by atoms with van der Waals surface area (Å²) < 4.78 is 5.44. The van der Waals surface area contributed by atoms with Crippen molar-refractivity contribution in [1.29, 1.82) is 0 Å². The Morgan fingerprint density at radius 1 is 1.39 bits per heavy atom. The summed E-state index contributed by atoms with van der Waals surface area (Å²) in [5.74, 6) is -0.0573. The predicted octanol–water partition coefficient (Wildman–Crippen LogP) is 0.982. The van der Waals surface area contributed by atoms with E-state index in [1.807, 2.05) is 6.92 Å². The lowest BCUT2D eigenvalue weighted by Gasteiger charge is -2.10. The van der Waals surface area contributed by atoms with Crippen LogP contribution < -0.4 is 10.1 Å². The first-order valence-electron chi connectivity index (χ1n) is 5.91. The monoisotopic (exact) mass is 253 g/mol. The molecule has 0 saturated heterocycles. The van der Waals surface area contributed by atoms with Crippen LogP contribution in [-0.2, 0) is 0 Å². The number of hydrogen-bond donors (Lipinski definition) is 3. The van der Waals surface area contributed by atoms with Gasteiger partial charge in [-0.2, -0.15) is 0 Å². The third-order valence-electron chi connectivity index (χ3n) is 2.45. The molecule has 1 rings (SSSR count). The Labute approximate surface area is 106 Å². The van der Waals surface area contributed by atoms with Crippen LogP contribution in [0.1, 0.15) is 17.3 Å². The fraction of sp³-hybridized carbons (Fsp3) is 0.462. The normalized spacial score (nSPS) is 12.1. The van der Waals surface area contributed by atoms with Crippen molar-refractivity contribution >= 4 is 5.97 Å². The molecule has 0 heterocycles. The van der Waals surface area contributed by atoms with Crippen molar-refractivity contribution in [2.75, 3.05) is 26.3 Å². The molecule has 5 nitrogen and oxygen atoms in total. The molecule has 1 unspecified atom stereocenters. The standard InChI is InChI=1S/C13H19NO4/c1-10(9-15)8-14-6-7-18-12-4-2-11(3-5-12)13(16)17/h2-5,10,14-15H,6-9H2,1H3,(H,16,17). The lowest BCUT2D eigenvalue weighted by atomic mass is 10.2. The molecule has 0 saturated carbocycles. The van der Waals surface area contributed by atoms with E-state index in [-0.39, 0.29) is 18.1 Å². The number of aromatic carboxylic acids is 1. The SMILES string of the molecule is CC(CO)CNCCOc1ccc(C(=O)O)cc1. The summed E-state index contributed by atoms with van der Waals surface area (Å²) in [6, 6.07) is 6.30. The average Bonchev–Trinajstić information content (AvgIpc) is 2.38. The van der Waals surface area contributed by atoms with Gasteiger partial charge in [0.15, 0.2) is 0 Å². The number of carboxylic acid groups (broad SMARTS) is 1. The Kier molecular flexibility index (Phi) is 6.18. The second kappa shape index (κ2) is 7.68. The molecule has 3 N–H and O–H groups in total. The predicted molar refractivity (Wildman–Crippen MR) is 68.0 cm³/mol. The molecule has 0 amide bonds. The van der Waals surface area contributed by atoms with Gasteiger partial charge in [-0.25, -0.2) is 4.79 Å². The summed E-state index contributed by atoms with van der Waals surface area (Å²) in [4.78, 5) is 10.6. The lowest BCUT2D eigenvalue weighted by Crippen LogP contribution is -2.27. The van der Waals surface area contributed by atoms with Gasteiger partial charge in [-0.3, -0.25) is 0 Å². The van der Waals surface area contributed by atoms with Gasteiger partial charge in [-0.05, 0) is 30.2 Å². The highest BCUT2D eigenvalue weighted by molar-refractivity contribution is 5.87. The van der Waals surface area contributed by atoms with Gasteiger partial charge in [0.05, 0.1) is 5.56 Å². The summed E-state index contributed by atoms with van der Waals surface area (Å²) in [5, 5.41) is 20.7. The number of hydrogen-bond acceptors (Lipinski definition) is 4. The topological polar surface area (TPSA) is 78.8 Å². The molecule has 0 fully saturated rings. The molecule has 1 atom stereocenters. The van der Waals surface area contributed by atoms with Crippen molar-refractivity contribution in [3.63, 3.8) is 0 Å². The van der Waals surface area contributed by atoms with Crippen LogP contribution in [0.5, 0.6) is 5.75 Å². The number of carboxylic acids is 1. The van der Waals surface area contributed by atoms with Crippen molar-refractivity contribution in [1.82, 2.24) is 5.32 Å². The van der Waals surface area contributed by atoms with Gasteiger partial charge in [0.2, 0.25) is 0 Å². The highest BCUT2D eigenvalue weighted by Gasteiger charge is 2.02.